The molecule has 0 saturated carbocycles. The van der Waals surface area contributed by atoms with Crippen LogP contribution in [0.15, 0.2) is 36.4 Å². The van der Waals surface area contributed by atoms with Crippen LogP contribution in [0, 0.1) is 27.4 Å². The Labute approximate surface area is 140 Å². The first kappa shape index (κ1) is 15.1. The number of non-ortho nitro benzene ring substituents is 2. The quantitative estimate of drug-likeness (QED) is 0.359. The molecule has 0 spiro atoms. The second-order valence-corrected chi connectivity index (χ2v) is 6.17. The monoisotopic (exact) mass is 496 g/mol. The smallest absolute Gasteiger partial charge is 0.258 e. The Morgan fingerprint density at radius 1 is 0.750 bits per heavy atom. The molecule has 2 aromatic rings. The molecular formula is C12H6I2N2O4. The molecule has 0 N–H and O–H groups in total. The summed E-state index contributed by atoms with van der Waals surface area (Å²) < 4.78 is 1.60. The largest absolute Gasteiger partial charge is 0.270 e. The van der Waals surface area contributed by atoms with Gasteiger partial charge in [0.1, 0.15) is 0 Å². The first-order valence-electron chi connectivity index (χ1n) is 5.28. The van der Waals surface area contributed by atoms with Gasteiger partial charge in [0.2, 0.25) is 0 Å². The molecule has 20 heavy (non-hydrogen) atoms. The van der Waals surface area contributed by atoms with Crippen molar-refractivity contribution in [3.05, 3.63) is 63.8 Å². The predicted molar refractivity (Wildman–Crippen MR) is 90.6 cm³/mol. The molecule has 0 aliphatic heterocycles. The maximum atomic E-state index is 10.8. The zero-order valence-electron chi connectivity index (χ0n) is 9.75. The van der Waals surface area contributed by atoms with E-state index >= 15 is 0 Å². The van der Waals surface area contributed by atoms with Gasteiger partial charge < -0.3 is 0 Å². The fraction of sp³-hybridized carbons (Fsp3) is 0. The van der Waals surface area contributed by atoms with Crippen molar-refractivity contribution < 1.29 is 9.85 Å². The summed E-state index contributed by atoms with van der Waals surface area (Å²) in [5, 5.41) is 21.7. The minimum Gasteiger partial charge on any atom is -0.258 e. The van der Waals surface area contributed by atoms with Crippen molar-refractivity contribution in [1.82, 2.24) is 0 Å². The lowest BCUT2D eigenvalue weighted by molar-refractivity contribution is -0.385. The van der Waals surface area contributed by atoms with Gasteiger partial charge in [0.05, 0.1) is 9.85 Å². The van der Waals surface area contributed by atoms with Crippen LogP contribution in [0.4, 0.5) is 11.4 Å². The third-order valence-corrected chi connectivity index (χ3v) is 4.49. The number of nitro benzene ring substituents is 2. The lowest BCUT2D eigenvalue weighted by atomic mass is 10.0. The van der Waals surface area contributed by atoms with E-state index in [1.807, 2.05) is 0 Å². The van der Waals surface area contributed by atoms with Crippen molar-refractivity contribution in [2.75, 3.05) is 0 Å². The highest BCUT2D eigenvalue weighted by molar-refractivity contribution is 14.1. The van der Waals surface area contributed by atoms with Crippen molar-refractivity contribution in [3.63, 3.8) is 0 Å². The van der Waals surface area contributed by atoms with Crippen LogP contribution in [-0.2, 0) is 0 Å². The minimum absolute atomic E-state index is 0.0391. The van der Waals surface area contributed by atoms with E-state index in [2.05, 4.69) is 45.2 Å². The van der Waals surface area contributed by atoms with Gasteiger partial charge in [0.15, 0.2) is 0 Å². The van der Waals surface area contributed by atoms with Crippen LogP contribution < -0.4 is 0 Å². The number of hydrogen-bond donors (Lipinski definition) is 0. The van der Waals surface area contributed by atoms with Crippen molar-refractivity contribution in [2.45, 2.75) is 0 Å². The Balaban J connectivity index is 2.67. The summed E-state index contributed by atoms with van der Waals surface area (Å²) in [5.74, 6) is 0. The van der Waals surface area contributed by atoms with Crippen LogP contribution in [0.1, 0.15) is 0 Å². The molecule has 0 aromatic heterocycles. The lowest BCUT2D eigenvalue weighted by Crippen LogP contribution is -1.94. The summed E-state index contributed by atoms with van der Waals surface area (Å²) in [6.07, 6.45) is 0. The fourth-order valence-corrected chi connectivity index (χ4v) is 2.92. The van der Waals surface area contributed by atoms with Crippen LogP contribution in [0.5, 0.6) is 0 Å². The standard InChI is InChI=1S/C12H6I2N2O4/c13-11-3-1-7(15(17)18)5-9(11)10-6-8(16(19)20)2-4-12(10)14/h1-6H. The van der Waals surface area contributed by atoms with Gasteiger partial charge in [-0.2, -0.15) is 0 Å². The van der Waals surface area contributed by atoms with Gasteiger partial charge >= 0.3 is 0 Å². The Morgan fingerprint density at radius 2 is 1.10 bits per heavy atom. The van der Waals surface area contributed by atoms with Gasteiger partial charge in [-0.15, -0.1) is 0 Å². The van der Waals surface area contributed by atoms with Gasteiger partial charge in [-0.05, 0) is 57.3 Å². The summed E-state index contributed by atoms with van der Waals surface area (Å²) in [6, 6.07) is 8.95. The van der Waals surface area contributed by atoms with E-state index < -0.39 is 9.85 Å². The topological polar surface area (TPSA) is 86.3 Å². The van der Waals surface area contributed by atoms with Gasteiger partial charge in [0, 0.05) is 42.5 Å². The summed E-state index contributed by atoms with van der Waals surface area (Å²) in [4.78, 5) is 20.7. The average Bonchev–Trinajstić information content (AvgIpc) is 2.39. The molecule has 2 rings (SSSR count). The number of hydrogen-bond acceptors (Lipinski definition) is 4. The SMILES string of the molecule is O=[N+]([O-])c1ccc(I)c(-c2cc([N+](=O)[O-])ccc2I)c1. The molecule has 0 fully saturated rings. The third-order valence-electron chi connectivity index (χ3n) is 2.61. The highest BCUT2D eigenvalue weighted by Gasteiger charge is 2.16. The molecule has 8 heteroatoms. The van der Waals surface area contributed by atoms with Gasteiger partial charge in [-0.3, -0.25) is 20.2 Å². The second kappa shape index (κ2) is 5.99. The maximum Gasteiger partial charge on any atom is 0.270 e. The van der Waals surface area contributed by atoms with Crippen LogP contribution in [-0.4, -0.2) is 9.85 Å². The van der Waals surface area contributed by atoms with Crippen molar-refractivity contribution in [1.29, 1.82) is 0 Å². The molecule has 0 atom stereocenters. The normalized spacial score (nSPS) is 10.3. The zero-order chi connectivity index (χ0) is 14.9. The van der Waals surface area contributed by atoms with E-state index in [-0.39, 0.29) is 11.4 Å². The fourth-order valence-electron chi connectivity index (χ4n) is 1.67. The van der Waals surface area contributed by atoms with Gasteiger partial charge in [-0.1, -0.05) is 0 Å². The molecular weight excluding hydrogens is 490 g/mol. The molecule has 0 unspecified atom stereocenters. The summed E-state index contributed by atoms with van der Waals surface area (Å²) in [7, 11) is 0. The predicted octanol–water partition coefficient (Wildman–Crippen LogP) is 4.38. The molecule has 0 bridgehead atoms. The highest BCUT2D eigenvalue weighted by atomic mass is 127. The van der Waals surface area contributed by atoms with E-state index in [9.17, 15) is 20.2 Å². The van der Waals surface area contributed by atoms with Crippen LogP contribution in [0.25, 0.3) is 11.1 Å². The molecule has 0 amide bonds. The number of benzene rings is 2. The Kier molecular flexibility index (Phi) is 4.52. The average molecular weight is 496 g/mol. The molecule has 0 heterocycles. The molecule has 0 radical (unpaired) electrons. The molecule has 0 saturated heterocycles. The number of nitro groups is 2. The summed E-state index contributed by atoms with van der Waals surface area (Å²) in [5.41, 5.74) is 1.16. The summed E-state index contributed by atoms with van der Waals surface area (Å²) >= 11 is 4.11. The van der Waals surface area contributed by atoms with E-state index in [0.29, 0.717) is 11.1 Å². The van der Waals surface area contributed by atoms with Crippen molar-refractivity contribution in [3.8, 4) is 11.1 Å². The van der Waals surface area contributed by atoms with E-state index in [1.165, 1.54) is 24.3 Å². The minimum atomic E-state index is -0.482. The molecule has 0 aliphatic rings. The Hall–Kier alpha value is -1.30. The Bertz CT molecular complexity index is 657. The van der Waals surface area contributed by atoms with Gasteiger partial charge in [0.25, 0.3) is 11.4 Å². The molecule has 0 aliphatic carbocycles. The van der Waals surface area contributed by atoms with Crippen LogP contribution in [0.2, 0.25) is 0 Å². The lowest BCUT2D eigenvalue weighted by Gasteiger charge is -2.07. The second-order valence-electron chi connectivity index (χ2n) is 3.84. The van der Waals surface area contributed by atoms with Gasteiger partial charge in [-0.25, -0.2) is 0 Å². The molecule has 2 aromatic carbocycles. The van der Waals surface area contributed by atoms with Crippen LogP contribution in [0.3, 0.4) is 0 Å². The highest BCUT2D eigenvalue weighted by Crippen LogP contribution is 2.34. The first-order chi connectivity index (χ1) is 9.40. The third kappa shape index (κ3) is 3.06. The number of nitrogens with zero attached hydrogens (tertiary/aromatic N) is 2. The first-order valence-corrected chi connectivity index (χ1v) is 7.44. The molecule has 6 nitrogen and oxygen atoms in total. The van der Waals surface area contributed by atoms with Crippen molar-refractivity contribution >= 4 is 56.6 Å². The van der Waals surface area contributed by atoms with E-state index in [4.69, 9.17) is 0 Å². The number of rotatable bonds is 3. The summed E-state index contributed by atoms with van der Waals surface area (Å²) in [6.45, 7) is 0. The van der Waals surface area contributed by atoms with Crippen LogP contribution >= 0.6 is 45.2 Å². The van der Waals surface area contributed by atoms with E-state index in [0.717, 1.165) is 7.14 Å². The zero-order valence-corrected chi connectivity index (χ0v) is 14.1. The molecule has 102 valence electrons. The Morgan fingerprint density at radius 3 is 1.40 bits per heavy atom. The van der Waals surface area contributed by atoms with E-state index in [1.54, 1.807) is 12.1 Å². The maximum absolute atomic E-state index is 10.8. The number of halogens is 2. The van der Waals surface area contributed by atoms with Crippen molar-refractivity contribution in [2.24, 2.45) is 0 Å².